The number of hydrogen-bond donors (Lipinski definition) is 0. The molecule has 0 N–H and O–H groups in total. The molecule has 0 aliphatic rings. The summed E-state index contributed by atoms with van der Waals surface area (Å²) in [5, 5.41) is -0.134. The zero-order chi connectivity index (χ0) is 19.1. The fraction of sp³-hybridized carbons (Fsp3) is 0.235. The van der Waals surface area contributed by atoms with Crippen LogP contribution >= 0.6 is 23.4 Å². The summed E-state index contributed by atoms with van der Waals surface area (Å²) < 4.78 is 29.0. The second-order valence-corrected chi connectivity index (χ2v) is 6.37. The van der Waals surface area contributed by atoms with Crippen LogP contribution in [0.4, 0.5) is 4.39 Å². The van der Waals surface area contributed by atoms with Gasteiger partial charge in [-0.1, -0.05) is 23.4 Å². The Balaban J connectivity index is 1.92. The van der Waals surface area contributed by atoms with Crippen LogP contribution in [0.2, 0.25) is 5.02 Å². The molecule has 9 heteroatoms. The van der Waals surface area contributed by atoms with Gasteiger partial charge in [0, 0.05) is 6.20 Å². The predicted octanol–water partition coefficient (Wildman–Crippen LogP) is 3.87. The van der Waals surface area contributed by atoms with Gasteiger partial charge in [0.15, 0.2) is 11.9 Å². The Morgan fingerprint density at radius 2 is 1.92 bits per heavy atom. The molecule has 1 atom stereocenters. The predicted molar refractivity (Wildman–Crippen MR) is 95.3 cm³/mol. The molecule has 0 saturated heterocycles. The van der Waals surface area contributed by atoms with Crippen LogP contribution in [0.25, 0.3) is 0 Å². The van der Waals surface area contributed by atoms with Crippen LogP contribution in [-0.4, -0.2) is 35.0 Å². The topological polar surface area (TPSA) is 74.7 Å². The van der Waals surface area contributed by atoms with Crippen molar-refractivity contribution >= 4 is 34.4 Å². The van der Waals surface area contributed by atoms with Crippen molar-refractivity contribution in [1.29, 1.82) is 0 Å². The van der Waals surface area contributed by atoms with Crippen LogP contribution in [-0.2, 0) is 14.3 Å². The van der Waals surface area contributed by atoms with Crippen molar-refractivity contribution in [1.82, 2.24) is 4.98 Å². The Labute approximate surface area is 158 Å². The van der Waals surface area contributed by atoms with E-state index in [4.69, 9.17) is 21.1 Å². The quantitative estimate of drug-likeness (QED) is 0.654. The molecule has 0 radical (unpaired) electrons. The molecule has 0 amide bonds. The minimum Gasteiger partial charge on any atom is -0.482 e. The number of thioether (sulfide) groups is 1. The van der Waals surface area contributed by atoms with Crippen LogP contribution in [0.3, 0.4) is 0 Å². The molecule has 0 aliphatic heterocycles. The van der Waals surface area contributed by atoms with E-state index in [1.165, 1.54) is 13.3 Å². The van der Waals surface area contributed by atoms with Crippen molar-refractivity contribution in [2.75, 3.05) is 12.9 Å². The molecule has 1 aromatic heterocycles. The first-order valence-corrected chi connectivity index (χ1v) is 8.74. The first-order valence-electron chi connectivity index (χ1n) is 7.38. The minimum absolute atomic E-state index is 0.0739. The zero-order valence-electron chi connectivity index (χ0n) is 13.9. The third-order valence-corrected chi connectivity index (χ3v) is 4.22. The van der Waals surface area contributed by atoms with Crippen LogP contribution in [0.1, 0.15) is 6.92 Å². The maximum atomic E-state index is 13.7. The van der Waals surface area contributed by atoms with Gasteiger partial charge in [-0.15, -0.1) is 0 Å². The molecule has 26 heavy (non-hydrogen) atoms. The normalized spacial score (nSPS) is 11.5. The molecule has 1 heterocycles. The van der Waals surface area contributed by atoms with Gasteiger partial charge >= 0.3 is 5.97 Å². The largest absolute Gasteiger partial charge is 0.482 e. The smallest absolute Gasteiger partial charge is 0.316 e. The van der Waals surface area contributed by atoms with E-state index in [1.54, 1.807) is 31.2 Å². The number of carbonyl (C=O) groups excluding carboxylic acids is 2. The van der Waals surface area contributed by atoms with Gasteiger partial charge in [0.05, 0.1) is 17.9 Å². The highest BCUT2D eigenvalue weighted by molar-refractivity contribution is 8.14. The number of aromatic nitrogens is 1. The van der Waals surface area contributed by atoms with Crippen LogP contribution in [0.15, 0.2) is 36.5 Å². The molecular formula is C17H15ClFNO5S. The highest BCUT2D eigenvalue weighted by atomic mass is 35.5. The summed E-state index contributed by atoms with van der Waals surface area (Å²) in [5.41, 5.74) is 0. The standard InChI is InChI=1S/C17H15ClFNO5S/c1-10(17(22)26-9-15(21)23-2)24-12-3-5-13(6-4-12)25-16-14(19)7-11(18)8-20-16/h3-8,10H,9H2,1-2H3. The van der Waals surface area contributed by atoms with Gasteiger partial charge in [-0.05, 0) is 37.3 Å². The van der Waals surface area contributed by atoms with E-state index in [0.29, 0.717) is 11.5 Å². The average molecular weight is 400 g/mol. The van der Waals surface area contributed by atoms with Gasteiger partial charge in [-0.25, -0.2) is 9.37 Å². The lowest BCUT2D eigenvalue weighted by Crippen LogP contribution is -2.22. The molecule has 0 fully saturated rings. The third kappa shape index (κ3) is 5.89. The number of ether oxygens (including phenoxy) is 3. The van der Waals surface area contributed by atoms with E-state index in [0.717, 1.165) is 17.8 Å². The van der Waals surface area contributed by atoms with Crippen LogP contribution in [0.5, 0.6) is 17.4 Å². The van der Waals surface area contributed by atoms with E-state index >= 15 is 0 Å². The molecule has 0 aliphatic carbocycles. The Bertz CT molecular complexity index is 787. The van der Waals surface area contributed by atoms with E-state index in [2.05, 4.69) is 9.72 Å². The molecule has 6 nitrogen and oxygen atoms in total. The summed E-state index contributed by atoms with van der Waals surface area (Å²) in [6.07, 6.45) is 0.517. The number of esters is 1. The van der Waals surface area contributed by atoms with Crippen molar-refractivity contribution in [3.8, 4) is 17.4 Å². The van der Waals surface area contributed by atoms with Crippen molar-refractivity contribution in [2.24, 2.45) is 0 Å². The molecule has 2 rings (SSSR count). The van der Waals surface area contributed by atoms with E-state index < -0.39 is 17.9 Å². The Hall–Kier alpha value is -2.32. The summed E-state index contributed by atoms with van der Waals surface area (Å²) in [5.74, 6) is -0.688. The minimum atomic E-state index is -0.758. The van der Waals surface area contributed by atoms with Crippen LogP contribution < -0.4 is 9.47 Å². The highest BCUT2D eigenvalue weighted by Crippen LogP contribution is 2.26. The number of nitrogens with zero attached hydrogens (tertiary/aromatic N) is 1. The van der Waals surface area contributed by atoms with Crippen molar-refractivity contribution in [3.05, 3.63) is 47.4 Å². The molecule has 0 spiro atoms. The molecule has 2 aromatic rings. The maximum Gasteiger partial charge on any atom is 0.316 e. The number of rotatable bonds is 7. The van der Waals surface area contributed by atoms with E-state index in [9.17, 15) is 14.0 Å². The molecule has 138 valence electrons. The van der Waals surface area contributed by atoms with Gasteiger partial charge in [-0.2, -0.15) is 0 Å². The fourth-order valence-corrected chi connectivity index (χ4v) is 2.54. The monoisotopic (exact) mass is 399 g/mol. The Kier molecular flexibility index (Phi) is 7.23. The molecule has 1 aromatic carbocycles. The summed E-state index contributed by atoms with van der Waals surface area (Å²) in [6, 6.07) is 7.32. The average Bonchev–Trinajstić information content (AvgIpc) is 2.63. The van der Waals surface area contributed by atoms with Gasteiger partial charge in [0.25, 0.3) is 5.88 Å². The highest BCUT2D eigenvalue weighted by Gasteiger charge is 2.17. The maximum absolute atomic E-state index is 13.7. The lowest BCUT2D eigenvalue weighted by atomic mass is 10.3. The second kappa shape index (κ2) is 9.40. The summed E-state index contributed by atoms with van der Waals surface area (Å²) in [4.78, 5) is 26.7. The van der Waals surface area contributed by atoms with Crippen molar-refractivity contribution in [2.45, 2.75) is 13.0 Å². The summed E-state index contributed by atoms with van der Waals surface area (Å²) >= 11 is 6.45. The molecule has 0 saturated carbocycles. The number of hydrogen-bond acceptors (Lipinski definition) is 7. The Morgan fingerprint density at radius 1 is 1.27 bits per heavy atom. The molecule has 0 bridgehead atoms. The van der Waals surface area contributed by atoms with Gasteiger partial charge < -0.3 is 14.2 Å². The summed E-state index contributed by atoms with van der Waals surface area (Å²) in [6.45, 7) is 1.57. The second-order valence-electron chi connectivity index (χ2n) is 4.96. The van der Waals surface area contributed by atoms with Crippen molar-refractivity contribution < 1.29 is 28.2 Å². The number of halogens is 2. The lowest BCUT2D eigenvalue weighted by molar-refractivity contribution is -0.137. The third-order valence-electron chi connectivity index (χ3n) is 3.02. The Morgan fingerprint density at radius 3 is 2.54 bits per heavy atom. The number of benzene rings is 1. The molecule has 1 unspecified atom stereocenters. The SMILES string of the molecule is COC(=O)CSC(=O)C(C)Oc1ccc(Oc2ncc(Cl)cc2F)cc1. The van der Waals surface area contributed by atoms with Gasteiger partial charge in [0.2, 0.25) is 5.12 Å². The first kappa shape index (κ1) is 20.0. The van der Waals surface area contributed by atoms with E-state index in [1.807, 2.05) is 0 Å². The number of pyridine rings is 1. The lowest BCUT2D eigenvalue weighted by Gasteiger charge is -2.13. The first-order chi connectivity index (χ1) is 12.4. The van der Waals surface area contributed by atoms with Gasteiger partial charge in [-0.3, -0.25) is 9.59 Å². The summed E-state index contributed by atoms with van der Waals surface area (Å²) in [7, 11) is 1.25. The van der Waals surface area contributed by atoms with Gasteiger partial charge in [0.1, 0.15) is 11.5 Å². The number of methoxy groups -OCH3 is 1. The fourth-order valence-electron chi connectivity index (χ4n) is 1.73. The van der Waals surface area contributed by atoms with E-state index in [-0.39, 0.29) is 21.8 Å². The zero-order valence-corrected chi connectivity index (χ0v) is 15.5. The molecular weight excluding hydrogens is 385 g/mol. The number of carbonyl (C=O) groups is 2. The van der Waals surface area contributed by atoms with Crippen molar-refractivity contribution in [3.63, 3.8) is 0 Å². The van der Waals surface area contributed by atoms with Crippen LogP contribution in [0, 0.1) is 5.82 Å².